The van der Waals surface area contributed by atoms with Crippen LogP contribution in [0.2, 0.25) is 0 Å². The fraction of sp³-hybridized carbons (Fsp3) is 0.0500. The van der Waals surface area contributed by atoms with Gasteiger partial charge in [-0.3, -0.25) is 0 Å². The van der Waals surface area contributed by atoms with Crippen LogP contribution in [-0.4, -0.2) is 0 Å². The van der Waals surface area contributed by atoms with Gasteiger partial charge in [-0.05, 0) is 89.3 Å². The van der Waals surface area contributed by atoms with Crippen LogP contribution in [0.4, 0.5) is 0 Å². The van der Waals surface area contributed by atoms with E-state index in [0.717, 1.165) is 24.0 Å². The lowest BCUT2D eigenvalue weighted by Gasteiger charge is -2.21. The molecule has 7 rings (SSSR count). The quantitative estimate of drug-likeness (QED) is 0.217. The highest BCUT2D eigenvalue weighted by Gasteiger charge is 2.19. The molecule has 0 bridgehead atoms. The Morgan fingerprint density at radius 3 is 1.55 bits per heavy atom. The minimum Gasteiger partial charge on any atom is -0.0984 e. The topological polar surface area (TPSA) is 0 Å². The summed E-state index contributed by atoms with van der Waals surface area (Å²) in [4.78, 5) is 0. The van der Waals surface area contributed by atoms with Gasteiger partial charge in [-0.15, -0.1) is 0 Å². The lowest BCUT2D eigenvalue weighted by Crippen LogP contribution is -2.33. The van der Waals surface area contributed by atoms with Crippen LogP contribution in [0.25, 0.3) is 79.2 Å². The van der Waals surface area contributed by atoms with Gasteiger partial charge in [0.1, 0.15) is 0 Å². The summed E-state index contributed by atoms with van der Waals surface area (Å²) in [7, 11) is 0. The van der Waals surface area contributed by atoms with Crippen molar-refractivity contribution < 1.29 is 0 Å². The van der Waals surface area contributed by atoms with E-state index in [-0.39, 0.29) is 0 Å². The number of hydrogen-bond acceptors (Lipinski definition) is 0. The van der Waals surface area contributed by atoms with E-state index in [1.807, 2.05) is 12.2 Å². The van der Waals surface area contributed by atoms with Crippen LogP contribution in [0.1, 0.15) is 24.0 Å². The SMILES string of the molecule is C=Cc1c(C=C)c(-c2cccc3ccccc23)c2c(c1-c1ccc(-c3cccc4ccccc34)cc1)=CCCC=2. The molecule has 40 heavy (non-hydrogen) atoms. The van der Waals surface area contributed by atoms with Gasteiger partial charge in [-0.2, -0.15) is 0 Å². The molecule has 0 nitrogen and oxygen atoms in total. The van der Waals surface area contributed by atoms with Crippen molar-refractivity contribution in [2.45, 2.75) is 12.8 Å². The van der Waals surface area contributed by atoms with Gasteiger partial charge < -0.3 is 0 Å². The molecule has 0 heterocycles. The van der Waals surface area contributed by atoms with Crippen molar-refractivity contribution in [3.63, 3.8) is 0 Å². The lowest BCUT2D eigenvalue weighted by molar-refractivity contribution is 1.12. The smallest absolute Gasteiger partial charge is 0.00237 e. The highest BCUT2D eigenvalue weighted by molar-refractivity contribution is 6.01. The molecule has 0 N–H and O–H groups in total. The van der Waals surface area contributed by atoms with Gasteiger partial charge in [0, 0.05) is 0 Å². The Labute approximate surface area is 235 Å². The van der Waals surface area contributed by atoms with Crippen LogP contribution < -0.4 is 10.4 Å². The zero-order chi connectivity index (χ0) is 27.1. The Bertz CT molecular complexity index is 2060. The van der Waals surface area contributed by atoms with Crippen molar-refractivity contribution in [3.8, 4) is 33.4 Å². The molecule has 0 heteroatoms. The summed E-state index contributed by atoms with van der Waals surface area (Å²) in [5, 5.41) is 7.65. The third-order valence-electron chi connectivity index (χ3n) is 8.26. The molecule has 0 saturated carbocycles. The third kappa shape index (κ3) is 3.84. The maximum atomic E-state index is 4.30. The zero-order valence-electron chi connectivity index (χ0n) is 22.5. The summed E-state index contributed by atoms with van der Waals surface area (Å²) < 4.78 is 0. The van der Waals surface area contributed by atoms with Crippen LogP contribution in [0.3, 0.4) is 0 Å². The second-order valence-electron chi connectivity index (χ2n) is 10.4. The van der Waals surface area contributed by atoms with Gasteiger partial charge in [-0.1, -0.05) is 147 Å². The Hall–Kier alpha value is -4.94. The van der Waals surface area contributed by atoms with Crippen molar-refractivity contribution in [2.24, 2.45) is 0 Å². The summed E-state index contributed by atoms with van der Waals surface area (Å²) in [6.45, 7) is 8.60. The van der Waals surface area contributed by atoms with Gasteiger partial charge in [-0.25, -0.2) is 0 Å². The molecule has 190 valence electrons. The Morgan fingerprint density at radius 1 is 0.450 bits per heavy atom. The first-order valence-electron chi connectivity index (χ1n) is 14.0. The fourth-order valence-electron chi connectivity index (χ4n) is 6.47. The number of benzene rings is 6. The van der Waals surface area contributed by atoms with Gasteiger partial charge in [0.25, 0.3) is 0 Å². The highest BCUT2D eigenvalue weighted by Crippen LogP contribution is 2.36. The zero-order valence-corrected chi connectivity index (χ0v) is 22.5. The van der Waals surface area contributed by atoms with Gasteiger partial charge in [0.2, 0.25) is 0 Å². The van der Waals surface area contributed by atoms with E-state index in [1.54, 1.807) is 0 Å². The molecule has 6 aromatic carbocycles. The summed E-state index contributed by atoms with van der Waals surface area (Å²) >= 11 is 0. The van der Waals surface area contributed by atoms with Gasteiger partial charge >= 0.3 is 0 Å². The van der Waals surface area contributed by atoms with Crippen molar-refractivity contribution in [2.75, 3.05) is 0 Å². The second kappa shape index (κ2) is 9.98. The van der Waals surface area contributed by atoms with E-state index in [4.69, 9.17) is 0 Å². The van der Waals surface area contributed by atoms with E-state index < -0.39 is 0 Å². The first kappa shape index (κ1) is 24.1. The molecule has 0 unspecified atom stereocenters. The molecule has 0 saturated heterocycles. The molecule has 1 aliphatic carbocycles. The van der Waals surface area contributed by atoms with E-state index in [0.29, 0.717) is 0 Å². The van der Waals surface area contributed by atoms with Crippen LogP contribution in [-0.2, 0) is 0 Å². The van der Waals surface area contributed by atoms with Crippen LogP contribution in [0, 0.1) is 0 Å². The monoisotopic (exact) mass is 510 g/mol. The van der Waals surface area contributed by atoms with Crippen LogP contribution >= 0.6 is 0 Å². The molecular formula is C40H30. The van der Waals surface area contributed by atoms with E-state index in [9.17, 15) is 0 Å². The molecule has 0 amide bonds. The minimum absolute atomic E-state index is 1.03. The summed E-state index contributed by atoms with van der Waals surface area (Å²) in [5.41, 5.74) is 9.71. The summed E-state index contributed by atoms with van der Waals surface area (Å²) in [5.74, 6) is 0. The minimum atomic E-state index is 1.03. The lowest BCUT2D eigenvalue weighted by atomic mass is 9.82. The standard InChI is InChI=1S/C40H30/c1-3-31-32(4-2)40(36-22-12-16-28-14-6-8-18-35(28)36)38-20-10-9-19-37(38)39(31)30-25-23-29(24-26-30)34-21-11-15-27-13-5-7-17-33(27)34/h3-8,11-26H,1-2,9-10H2. The van der Waals surface area contributed by atoms with Crippen LogP contribution in [0.5, 0.6) is 0 Å². The highest BCUT2D eigenvalue weighted by atomic mass is 14.2. The molecule has 0 radical (unpaired) electrons. The number of hydrogen-bond donors (Lipinski definition) is 0. The summed E-state index contributed by atoms with van der Waals surface area (Å²) in [6.07, 6.45) is 10.9. The van der Waals surface area contributed by atoms with E-state index in [1.165, 1.54) is 65.4 Å². The molecule has 0 aromatic heterocycles. The van der Waals surface area contributed by atoms with E-state index >= 15 is 0 Å². The second-order valence-corrected chi connectivity index (χ2v) is 10.4. The predicted molar refractivity (Wildman–Crippen MR) is 175 cm³/mol. The molecule has 0 atom stereocenters. The average molecular weight is 511 g/mol. The average Bonchev–Trinajstić information content (AvgIpc) is 3.03. The maximum absolute atomic E-state index is 4.30. The normalized spacial score (nSPS) is 12.4. The Morgan fingerprint density at radius 2 is 0.925 bits per heavy atom. The molecule has 6 aromatic rings. The molecular weight excluding hydrogens is 480 g/mol. The van der Waals surface area contributed by atoms with Crippen molar-refractivity contribution in [1.29, 1.82) is 0 Å². The molecule has 0 spiro atoms. The van der Waals surface area contributed by atoms with Crippen molar-refractivity contribution in [1.82, 2.24) is 0 Å². The Kier molecular flexibility index (Phi) is 6.02. The van der Waals surface area contributed by atoms with Crippen molar-refractivity contribution in [3.05, 3.63) is 144 Å². The molecule has 1 aliphatic rings. The van der Waals surface area contributed by atoms with Gasteiger partial charge in [0.05, 0.1) is 0 Å². The van der Waals surface area contributed by atoms with Crippen LogP contribution in [0.15, 0.2) is 122 Å². The fourth-order valence-corrected chi connectivity index (χ4v) is 6.47. The predicted octanol–water partition coefficient (Wildman–Crippen LogP) is 9.63. The van der Waals surface area contributed by atoms with Gasteiger partial charge in [0.15, 0.2) is 0 Å². The summed E-state index contributed by atoms with van der Waals surface area (Å²) in [6, 6.07) is 39.4. The number of fused-ring (bicyclic) bond motifs is 3. The molecule has 0 fully saturated rings. The maximum Gasteiger partial charge on any atom is -0.00237 e. The largest absolute Gasteiger partial charge is 0.0984 e. The third-order valence-corrected chi connectivity index (χ3v) is 8.26. The molecule has 0 aliphatic heterocycles. The first-order chi connectivity index (χ1) is 19.8. The van der Waals surface area contributed by atoms with E-state index in [2.05, 4.69) is 135 Å². The Balaban J connectivity index is 1.48. The first-order valence-corrected chi connectivity index (χ1v) is 14.0. The number of rotatable bonds is 5. The van der Waals surface area contributed by atoms with Crippen molar-refractivity contribution >= 4 is 45.8 Å².